The second-order valence-electron chi connectivity index (χ2n) is 3.31. The van der Waals surface area contributed by atoms with Crippen molar-refractivity contribution in [2.24, 2.45) is 0 Å². The molecule has 0 aliphatic rings. The van der Waals surface area contributed by atoms with E-state index in [4.69, 9.17) is 11.6 Å². The van der Waals surface area contributed by atoms with Gasteiger partial charge in [0.2, 0.25) is 0 Å². The molecule has 0 amide bonds. The zero-order valence-corrected chi connectivity index (χ0v) is 10.6. The van der Waals surface area contributed by atoms with Gasteiger partial charge in [0.1, 0.15) is 0 Å². The number of hydrogen-bond donors (Lipinski definition) is 0. The first-order valence-corrected chi connectivity index (χ1v) is 6.19. The summed E-state index contributed by atoms with van der Waals surface area (Å²) in [5.74, 6) is -0.801. The Kier molecular flexibility index (Phi) is 3.96. The van der Waals surface area contributed by atoms with Crippen molar-refractivity contribution in [3.8, 4) is 5.75 Å². The number of rotatable bonds is 3. The average molecular weight is 320 g/mol. The summed E-state index contributed by atoms with van der Waals surface area (Å²) < 4.78 is 61.8. The Morgan fingerprint density at radius 3 is 2.26 bits per heavy atom. The van der Waals surface area contributed by atoms with E-state index >= 15 is 0 Å². The highest BCUT2D eigenvalue weighted by Crippen LogP contribution is 2.36. The molecule has 0 atom stereocenters. The van der Waals surface area contributed by atoms with Crippen LogP contribution in [-0.2, 0) is 10.1 Å². The van der Waals surface area contributed by atoms with Crippen LogP contribution in [0.4, 0.5) is 18.9 Å². The average Bonchev–Trinajstić information content (AvgIpc) is 2.21. The Hall–Kier alpha value is -1.55. The summed E-state index contributed by atoms with van der Waals surface area (Å²) in [6, 6.07) is 1.53. The molecule has 0 spiro atoms. The molecule has 0 aromatic heterocycles. The van der Waals surface area contributed by atoms with Gasteiger partial charge in [-0.05, 0) is 6.92 Å². The fraction of sp³-hybridized carbons (Fsp3) is 0.250. The van der Waals surface area contributed by atoms with Crippen molar-refractivity contribution >= 4 is 27.4 Å². The van der Waals surface area contributed by atoms with Crippen molar-refractivity contribution in [3.05, 3.63) is 32.8 Å². The lowest BCUT2D eigenvalue weighted by molar-refractivity contribution is -0.384. The number of nitro groups is 1. The molecule has 0 unspecified atom stereocenters. The van der Waals surface area contributed by atoms with Crippen LogP contribution in [0.25, 0.3) is 0 Å². The predicted molar refractivity (Wildman–Crippen MR) is 58.4 cm³/mol. The van der Waals surface area contributed by atoms with Gasteiger partial charge in [-0.2, -0.15) is 21.6 Å². The second-order valence-corrected chi connectivity index (χ2v) is 5.26. The SMILES string of the molecule is Cc1cc([N+](=O)[O-])cc(Cl)c1OS(=O)(=O)C(F)(F)F. The first-order valence-electron chi connectivity index (χ1n) is 4.41. The maximum atomic E-state index is 12.1. The van der Waals surface area contributed by atoms with Crippen molar-refractivity contribution in [1.82, 2.24) is 0 Å². The molecular formula is C8H5ClF3NO5S. The van der Waals surface area contributed by atoms with Crippen LogP contribution in [0.15, 0.2) is 12.1 Å². The lowest BCUT2D eigenvalue weighted by Gasteiger charge is -2.12. The Balaban J connectivity index is 3.29. The van der Waals surface area contributed by atoms with Crippen LogP contribution < -0.4 is 4.18 Å². The van der Waals surface area contributed by atoms with Gasteiger partial charge in [-0.3, -0.25) is 10.1 Å². The Bertz CT molecular complexity index is 605. The molecule has 1 aromatic carbocycles. The highest BCUT2D eigenvalue weighted by molar-refractivity contribution is 7.88. The zero-order chi connectivity index (χ0) is 15.0. The number of aryl methyl sites for hydroxylation is 1. The molecule has 0 heterocycles. The fourth-order valence-corrected chi connectivity index (χ4v) is 1.96. The Morgan fingerprint density at radius 2 is 1.89 bits per heavy atom. The summed E-state index contributed by atoms with van der Waals surface area (Å²) in [6.45, 7) is 1.13. The molecule has 0 N–H and O–H groups in total. The van der Waals surface area contributed by atoms with Gasteiger partial charge < -0.3 is 4.18 Å². The number of halogens is 4. The molecule has 106 valence electrons. The van der Waals surface area contributed by atoms with Crippen molar-refractivity contribution in [3.63, 3.8) is 0 Å². The molecule has 11 heteroatoms. The summed E-state index contributed by atoms with van der Waals surface area (Å²) in [5, 5.41) is 9.86. The van der Waals surface area contributed by atoms with Gasteiger partial charge in [0, 0.05) is 17.7 Å². The van der Waals surface area contributed by atoms with Gasteiger partial charge in [-0.15, -0.1) is 0 Å². The third-order valence-corrected chi connectivity index (χ3v) is 3.14. The molecule has 0 aliphatic carbocycles. The molecular weight excluding hydrogens is 315 g/mol. The lowest BCUT2D eigenvalue weighted by atomic mass is 10.2. The quantitative estimate of drug-likeness (QED) is 0.370. The van der Waals surface area contributed by atoms with Gasteiger partial charge in [0.05, 0.1) is 9.95 Å². The van der Waals surface area contributed by atoms with E-state index in [1.54, 1.807) is 0 Å². The van der Waals surface area contributed by atoms with Crippen LogP contribution >= 0.6 is 11.6 Å². The molecule has 0 aliphatic heterocycles. The minimum atomic E-state index is -5.88. The molecule has 1 rings (SSSR count). The van der Waals surface area contributed by atoms with E-state index in [9.17, 15) is 31.7 Å². The summed E-state index contributed by atoms with van der Waals surface area (Å²) in [7, 11) is -5.88. The minimum Gasteiger partial charge on any atom is -0.374 e. The van der Waals surface area contributed by atoms with Crippen molar-refractivity contribution < 1.29 is 30.7 Å². The minimum absolute atomic E-state index is 0.216. The number of non-ortho nitro benzene ring substituents is 1. The van der Waals surface area contributed by atoms with Gasteiger partial charge in [0.15, 0.2) is 5.75 Å². The van der Waals surface area contributed by atoms with E-state index in [0.717, 1.165) is 13.0 Å². The summed E-state index contributed by atoms with van der Waals surface area (Å²) in [4.78, 5) is 9.64. The zero-order valence-electron chi connectivity index (χ0n) is 9.06. The Labute approximate surface area is 110 Å². The third-order valence-electron chi connectivity index (χ3n) is 1.90. The molecule has 6 nitrogen and oxygen atoms in total. The summed E-state index contributed by atoms with van der Waals surface area (Å²) in [6.07, 6.45) is 0. The van der Waals surface area contributed by atoms with Crippen molar-refractivity contribution in [2.75, 3.05) is 0 Å². The van der Waals surface area contributed by atoms with Crippen LogP contribution in [0, 0.1) is 17.0 Å². The largest absolute Gasteiger partial charge is 0.534 e. The van der Waals surface area contributed by atoms with Crippen LogP contribution in [-0.4, -0.2) is 18.8 Å². The first-order chi connectivity index (χ1) is 8.45. The lowest BCUT2D eigenvalue weighted by Crippen LogP contribution is -2.28. The number of nitro benzene ring substituents is 1. The van der Waals surface area contributed by atoms with Crippen molar-refractivity contribution in [2.45, 2.75) is 12.4 Å². The van der Waals surface area contributed by atoms with E-state index in [0.29, 0.717) is 6.07 Å². The first kappa shape index (κ1) is 15.5. The van der Waals surface area contributed by atoms with Crippen molar-refractivity contribution in [1.29, 1.82) is 0 Å². The monoisotopic (exact) mass is 319 g/mol. The maximum Gasteiger partial charge on any atom is 0.534 e. The van der Waals surface area contributed by atoms with Gasteiger partial charge in [-0.1, -0.05) is 11.6 Å². The summed E-state index contributed by atoms with van der Waals surface area (Å²) in [5.41, 5.74) is -6.34. The molecule has 0 fully saturated rings. The highest BCUT2D eigenvalue weighted by atomic mass is 35.5. The van der Waals surface area contributed by atoms with E-state index in [2.05, 4.69) is 4.18 Å². The standard InChI is InChI=1S/C8H5ClF3NO5S/c1-4-2-5(13(14)15)3-6(9)7(4)18-19(16,17)8(10,11)12/h2-3H,1H3. The topological polar surface area (TPSA) is 86.5 Å². The summed E-state index contributed by atoms with van der Waals surface area (Å²) >= 11 is 5.47. The van der Waals surface area contributed by atoms with Gasteiger partial charge in [0.25, 0.3) is 5.69 Å². The molecule has 0 saturated carbocycles. The number of alkyl halides is 3. The van der Waals surface area contributed by atoms with Gasteiger partial charge in [-0.25, -0.2) is 0 Å². The number of benzene rings is 1. The molecule has 0 saturated heterocycles. The highest BCUT2D eigenvalue weighted by Gasteiger charge is 2.49. The van der Waals surface area contributed by atoms with E-state index < -0.39 is 37.0 Å². The predicted octanol–water partition coefficient (Wildman–Crippen LogP) is 2.79. The van der Waals surface area contributed by atoms with Gasteiger partial charge >= 0.3 is 15.6 Å². The second kappa shape index (κ2) is 4.85. The molecule has 19 heavy (non-hydrogen) atoms. The number of nitrogens with zero attached hydrogens (tertiary/aromatic N) is 1. The van der Waals surface area contributed by atoms with Crippen LogP contribution in [0.5, 0.6) is 5.75 Å². The van der Waals surface area contributed by atoms with E-state index in [1.165, 1.54) is 0 Å². The number of hydrogen-bond acceptors (Lipinski definition) is 5. The molecule has 0 bridgehead atoms. The van der Waals surface area contributed by atoms with Crippen LogP contribution in [0.3, 0.4) is 0 Å². The maximum absolute atomic E-state index is 12.1. The normalized spacial score (nSPS) is 12.3. The molecule has 0 radical (unpaired) electrons. The third kappa shape index (κ3) is 3.26. The van der Waals surface area contributed by atoms with E-state index in [-0.39, 0.29) is 5.56 Å². The Morgan fingerprint density at radius 1 is 1.37 bits per heavy atom. The van der Waals surface area contributed by atoms with Crippen LogP contribution in [0.1, 0.15) is 5.56 Å². The molecule has 1 aromatic rings. The smallest absolute Gasteiger partial charge is 0.374 e. The van der Waals surface area contributed by atoms with E-state index in [1.807, 2.05) is 0 Å². The van der Waals surface area contributed by atoms with Crippen LogP contribution in [0.2, 0.25) is 5.02 Å². The fourth-order valence-electron chi connectivity index (χ4n) is 1.08.